The van der Waals surface area contributed by atoms with E-state index in [1.807, 2.05) is 10.9 Å². The van der Waals surface area contributed by atoms with E-state index in [0.29, 0.717) is 5.69 Å². The van der Waals surface area contributed by atoms with Crippen LogP contribution in [-0.4, -0.2) is 6.03 Å². The molecule has 0 atom stereocenters. The molecule has 0 bridgehead atoms. The van der Waals surface area contributed by atoms with Gasteiger partial charge in [-0.05, 0) is 12.1 Å². The molecular weight excluding hydrogens is 164 g/mol. The van der Waals surface area contributed by atoms with Crippen LogP contribution in [0, 0.1) is 0 Å². The van der Waals surface area contributed by atoms with Crippen molar-refractivity contribution in [3.63, 3.8) is 0 Å². The van der Waals surface area contributed by atoms with E-state index in [0.717, 1.165) is 0 Å². The molecule has 0 heterocycles. The zero-order valence-electron chi connectivity index (χ0n) is 5.62. The first-order chi connectivity index (χ1) is 5.33. The van der Waals surface area contributed by atoms with E-state index in [-0.39, 0.29) is 0 Å². The molecular formula is C7H6ClN2O. The molecule has 57 valence electrons. The van der Waals surface area contributed by atoms with Crippen molar-refractivity contribution < 1.29 is 4.79 Å². The van der Waals surface area contributed by atoms with Crippen LogP contribution in [-0.2, 0) is 0 Å². The van der Waals surface area contributed by atoms with Gasteiger partial charge in [0.25, 0.3) is 0 Å². The minimum Gasteiger partial charge on any atom is -0.248 e. The molecule has 1 N–H and O–H groups in total. The van der Waals surface area contributed by atoms with Gasteiger partial charge in [-0.1, -0.05) is 18.2 Å². The molecule has 0 saturated heterocycles. The van der Waals surface area contributed by atoms with E-state index in [1.165, 1.54) is 0 Å². The molecule has 1 rings (SSSR count). The number of hydrogen-bond donors (Lipinski definition) is 1. The molecule has 0 spiro atoms. The third-order valence-corrected chi connectivity index (χ3v) is 1.23. The van der Waals surface area contributed by atoms with E-state index < -0.39 is 6.03 Å². The Morgan fingerprint density at radius 1 is 1.36 bits per heavy atom. The van der Waals surface area contributed by atoms with Gasteiger partial charge < -0.3 is 0 Å². The van der Waals surface area contributed by atoms with Gasteiger partial charge in [-0.25, -0.2) is 9.63 Å². The number of rotatable bonds is 1. The summed E-state index contributed by atoms with van der Waals surface area (Å²) < 4.78 is 0. The van der Waals surface area contributed by atoms with Crippen LogP contribution < -0.4 is 10.2 Å². The maximum atomic E-state index is 10.6. The highest BCUT2D eigenvalue weighted by molar-refractivity contribution is 6.21. The van der Waals surface area contributed by atoms with Gasteiger partial charge in [0.15, 0.2) is 0 Å². The summed E-state index contributed by atoms with van der Waals surface area (Å²) >= 11 is 5.01. The predicted molar refractivity (Wildman–Crippen MR) is 42.6 cm³/mol. The van der Waals surface area contributed by atoms with Crippen molar-refractivity contribution in [2.45, 2.75) is 0 Å². The van der Waals surface area contributed by atoms with Crippen LogP contribution in [0.2, 0.25) is 0 Å². The van der Waals surface area contributed by atoms with Gasteiger partial charge in [-0.3, -0.25) is 0 Å². The van der Waals surface area contributed by atoms with E-state index >= 15 is 0 Å². The van der Waals surface area contributed by atoms with Crippen molar-refractivity contribution in [1.29, 1.82) is 0 Å². The summed E-state index contributed by atoms with van der Waals surface area (Å²) in [6.07, 6.45) is 0. The first kappa shape index (κ1) is 7.88. The van der Waals surface area contributed by atoms with E-state index in [1.54, 1.807) is 24.3 Å². The lowest BCUT2D eigenvalue weighted by molar-refractivity contribution is 0.249. The average molecular weight is 170 g/mol. The molecule has 2 amide bonds. The lowest BCUT2D eigenvalue weighted by Crippen LogP contribution is -2.19. The fourth-order valence-corrected chi connectivity index (χ4v) is 0.683. The fourth-order valence-electron chi connectivity index (χ4n) is 0.641. The van der Waals surface area contributed by atoms with E-state index in [2.05, 4.69) is 5.32 Å². The smallest absolute Gasteiger partial charge is 0.248 e. The van der Waals surface area contributed by atoms with Crippen LogP contribution in [0.4, 0.5) is 10.5 Å². The molecule has 0 aliphatic rings. The normalized spacial score (nSPS) is 8.82. The van der Waals surface area contributed by atoms with Gasteiger partial charge >= 0.3 is 6.03 Å². The minimum absolute atomic E-state index is 0.558. The van der Waals surface area contributed by atoms with Crippen LogP contribution >= 0.6 is 11.8 Å². The largest absolute Gasteiger partial charge is 0.356 e. The summed E-state index contributed by atoms with van der Waals surface area (Å²) in [7, 11) is 0. The third-order valence-electron chi connectivity index (χ3n) is 1.07. The monoisotopic (exact) mass is 169 g/mol. The van der Waals surface area contributed by atoms with Gasteiger partial charge in [-0.2, -0.15) is 5.32 Å². The number of benzene rings is 1. The van der Waals surface area contributed by atoms with Crippen LogP contribution in [0.1, 0.15) is 0 Å². The number of carbonyl (C=O) groups excluding carboxylic acids is 1. The Labute approximate surface area is 69.5 Å². The first-order valence-electron chi connectivity index (χ1n) is 3.00. The van der Waals surface area contributed by atoms with Crippen molar-refractivity contribution in [2.24, 2.45) is 0 Å². The minimum atomic E-state index is -0.558. The Morgan fingerprint density at radius 2 is 2.00 bits per heavy atom. The topological polar surface area (TPSA) is 43.2 Å². The average Bonchev–Trinajstić information content (AvgIpc) is 2.06. The zero-order chi connectivity index (χ0) is 8.10. The summed E-state index contributed by atoms with van der Waals surface area (Å²) in [6, 6.07) is 8.30. The summed E-state index contributed by atoms with van der Waals surface area (Å²) in [5.41, 5.74) is 0.589. The molecule has 0 aliphatic carbocycles. The molecule has 0 fully saturated rings. The lowest BCUT2D eigenvalue weighted by atomic mass is 10.3. The van der Waals surface area contributed by atoms with Crippen LogP contribution in [0.3, 0.4) is 0 Å². The summed E-state index contributed by atoms with van der Waals surface area (Å²) in [5.74, 6) is 0. The van der Waals surface area contributed by atoms with Crippen molar-refractivity contribution in [1.82, 2.24) is 10.2 Å². The highest BCUT2D eigenvalue weighted by Gasteiger charge is 1.99. The van der Waals surface area contributed by atoms with E-state index in [4.69, 9.17) is 11.8 Å². The summed E-state index contributed by atoms with van der Waals surface area (Å²) in [6.45, 7) is 0. The van der Waals surface area contributed by atoms with Gasteiger partial charge in [0.05, 0.1) is 5.69 Å². The maximum absolute atomic E-state index is 10.6. The van der Waals surface area contributed by atoms with Crippen molar-refractivity contribution >= 4 is 23.5 Å². The standard InChI is InChI=1S/C7H6ClN2O/c8-10-7(11)9-6-4-2-1-3-5-6/h1-5H,(H,10,11). The number of halogens is 1. The number of nitrogens with one attached hydrogen (secondary N) is 1. The highest BCUT2D eigenvalue weighted by Crippen LogP contribution is 2.04. The van der Waals surface area contributed by atoms with Gasteiger partial charge in [0, 0.05) is 11.8 Å². The Bertz CT molecular complexity index is 237. The van der Waals surface area contributed by atoms with Crippen LogP contribution in [0.25, 0.3) is 0 Å². The predicted octanol–water partition coefficient (Wildman–Crippen LogP) is 1.79. The molecule has 11 heavy (non-hydrogen) atoms. The second-order valence-electron chi connectivity index (χ2n) is 1.85. The second kappa shape index (κ2) is 3.83. The summed E-state index contributed by atoms with van der Waals surface area (Å²) in [4.78, 5) is 12.5. The molecule has 0 saturated carbocycles. The number of para-hydroxylation sites is 1. The van der Waals surface area contributed by atoms with Crippen LogP contribution in [0.15, 0.2) is 30.3 Å². The van der Waals surface area contributed by atoms with Gasteiger partial charge in [-0.15, -0.1) is 0 Å². The highest BCUT2D eigenvalue weighted by atomic mass is 35.5. The quantitative estimate of drug-likeness (QED) is 0.640. The lowest BCUT2D eigenvalue weighted by Gasteiger charge is -1.96. The maximum Gasteiger partial charge on any atom is 0.356 e. The zero-order valence-corrected chi connectivity index (χ0v) is 6.38. The SMILES string of the molecule is O=C([N]c1ccccc1)NCl. The Kier molecular flexibility index (Phi) is 2.74. The Hall–Kier alpha value is -1.22. The number of urea groups is 1. The molecule has 1 aromatic rings. The molecule has 1 aromatic carbocycles. The van der Waals surface area contributed by atoms with Crippen LogP contribution in [0.5, 0.6) is 0 Å². The Balaban J connectivity index is 2.58. The van der Waals surface area contributed by atoms with Crippen molar-refractivity contribution in [2.75, 3.05) is 0 Å². The van der Waals surface area contributed by atoms with Crippen molar-refractivity contribution in [3.8, 4) is 0 Å². The first-order valence-corrected chi connectivity index (χ1v) is 3.38. The molecule has 4 heteroatoms. The number of nitrogens with zero attached hydrogens (tertiary/aromatic N) is 1. The summed E-state index contributed by atoms with van der Waals surface area (Å²) in [5, 5.41) is 3.60. The second-order valence-corrected chi connectivity index (χ2v) is 2.04. The molecule has 0 unspecified atom stereocenters. The van der Waals surface area contributed by atoms with Crippen molar-refractivity contribution in [3.05, 3.63) is 30.3 Å². The van der Waals surface area contributed by atoms with Gasteiger partial charge in [0.1, 0.15) is 0 Å². The fraction of sp³-hybridized carbons (Fsp3) is 0. The Morgan fingerprint density at radius 3 is 2.55 bits per heavy atom. The third kappa shape index (κ3) is 2.47. The number of carbonyl (C=O) groups is 1. The molecule has 0 aromatic heterocycles. The molecule has 1 radical (unpaired) electrons. The number of hydrogen-bond acceptors (Lipinski definition) is 1. The molecule has 0 aliphatic heterocycles. The number of amides is 2. The van der Waals surface area contributed by atoms with Gasteiger partial charge in [0.2, 0.25) is 0 Å². The van der Waals surface area contributed by atoms with E-state index in [9.17, 15) is 4.79 Å². The molecule has 3 nitrogen and oxygen atoms in total.